The Morgan fingerprint density at radius 2 is 2.10 bits per heavy atom. The number of nitrogens with one attached hydrogen (secondary N) is 1. The first-order chi connectivity index (χ1) is 9.51. The van der Waals surface area contributed by atoms with Gasteiger partial charge in [0, 0.05) is 19.3 Å². The van der Waals surface area contributed by atoms with Crippen LogP contribution in [0.25, 0.3) is 0 Å². The zero-order valence-electron chi connectivity index (χ0n) is 12.0. The molecule has 0 amide bonds. The van der Waals surface area contributed by atoms with E-state index in [-0.39, 0.29) is 10.4 Å². The van der Waals surface area contributed by atoms with Gasteiger partial charge in [0.15, 0.2) is 5.03 Å². The summed E-state index contributed by atoms with van der Waals surface area (Å²) in [7, 11) is -3.53. The molecular weight excluding hydrogens is 276 g/mol. The molecule has 0 spiro atoms. The molecular formula is C13H24N4O2S. The number of aromatic nitrogens is 2. The van der Waals surface area contributed by atoms with Crippen molar-refractivity contribution in [3.8, 4) is 0 Å². The molecule has 0 saturated heterocycles. The Hall–Kier alpha value is -0.920. The standard InChI is InChI=1S/C13H24N4O2S/c1-2-17-8-12(15-11-17)20(18,19)16-10-13(9-14)6-4-3-5-7-13/h8,11,16H,2-7,9-10,14H2,1H3. The fourth-order valence-electron chi connectivity index (χ4n) is 2.73. The smallest absolute Gasteiger partial charge is 0.259 e. The Morgan fingerprint density at radius 1 is 1.40 bits per heavy atom. The summed E-state index contributed by atoms with van der Waals surface area (Å²) < 4.78 is 28.9. The number of nitrogens with zero attached hydrogens (tertiary/aromatic N) is 2. The van der Waals surface area contributed by atoms with Gasteiger partial charge >= 0.3 is 0 Å². The normalized spacial score (nSPS) is 19.1. The van der Waals surface area contributed by atoms with Crippen molar-refractivity contribution in [2.75, 3.05) is 13.1 Å². The van der Waals surface area contributed by atoms with E-state index < -0.39 is 10.0 Å². The molecule has 0 aliphatic heterocycles. The molecule has 1 aliphatic carbocycles. The van der Waals surface area contributed by atoms with E-state index in [0.717, 1.165) is 25.7 Å². The number of sulfonamides is 1. The lowest BCUT2D eigenvalue weighted by Crippen LogP contribution is -2.43. The summed E-state index contributed by atoms with van der Waals surface area (Å²) >= 11 is 0. The molecule has 0 bridgehead atoms. The second kappa shape index (κ2) is 6.24. The summed E-state index contributed by atoms with van der Waals surface area (Å²) in [6.45, 7) is 3.58. The third-order valence-corrected chi connectivity index (χ3v) is 5.52. The minimum Gasteiger partial charge on any atom is -0.336 e. The molecule has 1 saturated carbocycles. The van der Waals surface area contributed by atoms with E-state index in [1.165, 1.54) is 12.7 Å². The van der Waals surface area contributed by atoms with Crippen molar-refractivity contribution < 1.29 is 8.42 Å². The van der Waals surface area contributed by atoms with Gasteiger partial charge in [-0.25, -0.2) is 18.1 Å². The lowest BCUT2D eigenvalue weighted by Gasteiger charge is -2.36. The Morgan fingerprint density at radius 3 is 2.65 bits per heavy atom. The predicted octanol–water partition coefficient (Wildman–Crippen LogP) is 1.09. The monoisotopic (exact) mass is 300 g/mol. The Balaban J connectivity index is 2.04. The quantitative estimate of drug-likeness (QED) is 0.823. The van der Waals surface area contributed by atoms with Gasteiger partial charge in [0.1, 0.15) is 0 Å². The van der Waals surface area contributed by atoms with Crippen LogP contribution >= 0.6 is 0 Å². The van der Waals surface area contributed by atoms with Crippen LogP contribution < -0.4 is 10.5 Å². The molecule has 1 heterocycles. The lowest BCUT2D eigenvalue weighted by atomic mass is 9.74. The predicted molar refractivity (Wildman–Crippen MR) is 77.7 cm³/mol. The van der Waals surface area contributed by atoms with Crippen molar-refractivity contribution in [2.45, 2.75) is 50.6 Å². The summed E-state index contributed by atoms with van der Waals surface area (Å²) in [5, 5.41) is 0.0855. The zero-order valence-corrected chi connectivity index (χ0v) is 12.8. The van der Waals surface area contributed by atoms with Crippen molar-refractivity contribution in [3.63, 3.8) is 0 Å². The van der Waals surface area contributed by atoms with Crippen molar-refractivity contribution in [1.29, 1.82) is 0 Å². The van der Waals surface area contributed by atoms with Crippen LogP contribution in [0.15, 0.2) is 17.6 Å². The molecule has 0 aromatic carbocycles. The maximum absolute atomic E-state index is 12.2. The van der Waals surface area contributed by atoms with E-state index in [4.69, 9.17) is 5.73 Å². The summed E-state index contributed by atoms with van der Waals surface area (Å²) in [5.74, 6) is 0. The number of hydrogen-bond donors (Lipinski definition) is 2. The second-order valence-corrected chi connectivity index (χ2v) is 7.35. The van der Waals surface area contributed by atoms with Crippen LogP contribution in [0.4, 0.5) is 0 Å². The van der Waals surface area contributed by atoms with Crippen LogP contribution in [0.1, 0.15) is 39.0 Å². The Labute approximate surface area is 120 Å². The van der Waals surface area contributed by atoms with Crippen LogP contribution in [0, 0.1) is 5.41 Å². The summed E-state index contributed by atoms with van der Waals surface area (Å²) in [6.07, 6.45) is 8.55. The minimum atomic E-state index is -3.53. The number of rotatable bonds is 6. The molecule has 6 nitrogen and oxygen atoms in total. The van der Waals surface area contributed by atoms with Gasteiger partial charge in [-0.2, -0.15) is 0 Å². The van der Waals surface area contributed by atoms with Gasteiger partial charge in [-0.1, -0.05) is 19.3 Å². The van der Waals surface area contributed by atoms with Crippen LogP contribution in [-0.2, 0) is 16.6 Å². The number of imidazole rings is 1. The maximum Gasteiger partial charge on any atom is 0.259 e. The first kappa shape index (κ1) is 15.5. The average molecular weight is 300 g/mol. The van der Waals surface area contributed by atoms with Crippen molar-refractivity contribution in [1.82, 2.24) is 14.3 Å². The molecule has 2 rings (SSSR count). The molecule has 7 heteroatoms. The van der Waals surface area contributed by atoms with Crippen molar-refractivity contribution in [2.24, 2.45) is 11.1 Å². The fourth-order valence-corrected chi connectivity index (χ4v) is 3.83. The summed E-state index contributed by atoms with van der Waals surface area (Å²) in [6, 6.07) is 0. The summed E-state index contributed by atoms with van der Waals surface area (Å²) in [5.41, 5.74) is 5.79. The maximum atomic E-state index is 12.2. The molecule has 114 valence electrons. The molecule has 20 heavy (non-hydrogen) atoms. The van der Waals surface area contributed by atoms with Crippen LogP contribution in [-0.4, -0.2) is 31.1 Å². The summed E-state index contributed by atoms with van der Waals surface area (Å²) in [4.78, 5) is 3.95. The van der Waals surface area contributed by atoms with Gasteiger partial charge in [0.2, 0.25) is 0 Å². The average Bonchev–Trinajstić information content (AvgIpc) is 2.96. The van der Waals surface area contributed by atoms with Gasteiger partial charge in [-0.05, 0) is 31.7 Å². The van der Waals surface area contributed by atoms with Gasteiger partial charge < -0.3 is 10.3 Å². The van der Waals surface area contributed by atoms with E-state index in [1.807, 2.05) is 6.92 Å². The first-order valence-corrected chi connectivity index (χ1v) is 8.71. The van der Waals surface area contributed by atoms with Crippen molar-refractivity contribution in [3.05, 3.63) is 12.5 Å². The third-order valence-electron chi connectivity index (χ3n) is 4.23. The molecule has 0 atom stereocenters. The lowest BCUT2D eigenvalue weighted by molar-refractivity contribution is 0.202. The molecule has 1 fully saturated rings. The SMILES string of the molecule is CCn1cnc(S(=O)(=O)NCC2(CN)CCCCC2)c1. The van der Waals surface area contributed by atoms with Gasteiger partial charge in [-0.3, -0.25) is 0 Å². The Kier molecular flexibility index (Phi) is 4.82. The number of aryl methyl sites for hydroxylation is 1. The largest absolute Gasteiger partial charge is 0.336 e. The molecule has 0 radical (unpaired) electrons. The van der Waals surface area contributed by atoms with E-state index in [9.17, 15) is 8.42 Å². The number of hydrogen-bond acceptors (Lipinski definition) is 4. The van der Waals surface area contributed by atoms with E-state index >= 15 is 0 Å². The first-order valence-electron chi connectivity index (χ1n) is 7.23. The third kappa shape index (κ3) is 3.39. The highest BCUT2D eigenvalue weighted by Crippen LogP contribution is 2.34. The highest BCUT2D eigenvalue weighted by Gasteiger charge is 2.32. The zero-order chi connectivity index (χ0) is 14.6. The fraction of sp³-hybridized carbons (Fsp3) is 0.769. The molecule has 1 aromatic rings. The topological polar surface area (TPSA) is 90.0 Å². The molecule has 1 aromatic heterocycles. The molecule has 3 N–H and O–H groups in total. The minimum absolute atomic E-state index is 0.0847. The van der Waals surface area contributed by atoms with E-state index in [0.29, 0.717) is 19.6 Å². The Bertz CT molecular complexity index is 532. The van der Waals surface area contributed by atoms with Gasteiger partial charge in [-0.15, -0.1) is 0 Å². The molecule has 1 aliphatic rings. The van der Waals surface area contributed by atoms with Crippen LogP contribution in [0.5, 0.6) is 0 Å². The number of nitrogens with two attached hydrogens (primary N) is 1. The van der Waals surface area contributed by atoms with Gasteiger partial charge in [0.05, 0.1) is 6.33 Å². The van der Waals surface area contributed by atoms with Crippen molar-refractivity contribution >= 4 is 10.0 Å². The molecule has 0 unspecified atom stereocenters. The highest BCUT2D eigenvalue weighted by molar-refractivity contribution is 7.89. The van der Waals surface area contributed by atoms with E-state index in [1.54, 1.807) is 10.8 Å². The van der Waals surface area contributed by atoms with Crippen LogP contribution in [0.3, 0.4) is 0 Å². The highest BCUT2D eigenvalue weighted by atomic mass is 32.2. The van der Waals surface area contributed by atoms with Gasteiger partial charge in [0.25, 0.3) is 10.0 Å². The van der Waals surface area contributed by atoms with E-state index in [2.05, 4.69) is 9.71 Å². The van der Waals surface area contributed by atoms with Crippen LogP contribution in [0.2, 0.25) is 0 Å². The second-order valence-electron chi connectivity index (χ2n) is 5.63.